The summed E-state index contributed by atoms with van der Waals surface area (Å²) in [6.07, 6.45) is 0. The number of carbonyl (C=O) groups is 1. The van der Waals surface area contributed by atoms with Gasteiger partial charge in [0.2, 0.25) is 0 Å². The lowest BCUT2D eigenvalue weighted by molar-refractivity contribution is -0.141. The maximum atomic E-state index is 10.1. The Balaban J connectivity index is 0. The maximum Gasteiger partial charge on any atom is 1.00 e. The molecule has 2 nitrogen and oxygen atoms in total. The molecule has 0 saturated heterocycles. The molecule has 0 spiro atoms. The SMILES string of the molecule is CC(=O)OCC(C)C.[H+]. The first kappa shape index (κ1) is 7.47. The molecule has 0 N–H and O–H groups in total. The van der Waals surface area contributed by atoms with E-state index in [-0.39, 0.29) is 7.40 Å². The average molecular weight is 117 g/mol. The molecule has 0 radical (unpaired) electrons. The number of esters is 1. The minimum Gasteiger partial charge on any atom is -0.466 e. The maximum absolute atomic E-state index is 10.1. The monoisotopic (exact) mass is 117 g/mol. The molecule has 0 aliphatic heterocycles. The Morgan fingerprint density at radius 3 is 2.38 bits per heavy atom. The van der Waals surface area contributed by atoms with Gasteiger partial charge in [-0.1, -0.05) is 13.8 Å². The molecule has 0 saturated carbocycles. The minimum atomic E-state index is -0.196. The Labute approximate surface area is 51.3 Å². The third kappa shape index (κ3) is 5.47. The third-order valence-corrected chi connectivity index (χ3v) is 0.620. The van der Waals surface area contributed by atoms with Crippen molar-refractivity contribution in [1.82, 2.24) is 0 Å². The van der Waals surface area contributed by atoms with E-state index >= 15 is 0 Å². The fourth-order valence-corrected chi connectivity index (χ4v) is 0.284. The van der Waals surface area contributed by atoms with Crippen molar-refractivity contribution in [2.45, 2.75) is 20.8 Å². The Morgan fingerprint density at radius 1 is 1.75 bits per heavy atom. The largest absolute Gasteiger partial charge is 1.00 e. The van der Waals surface area contributed by atoms with Crippen molar-refractivity contribution in [3.8, 4) is 0 Å². The Hall–Kier alpha value is -0.530. The van der Waals surface area contributed by atoms with Crippen molar-refractivity contribution in [3.05, 3.63) is 0 Å². The standard InChI is InChI=1S/C6H12O2/c1-5(2)4-8-6(3)7/h5H,4H2,1-3H3/p+1. The third-order valence-electron chi connectivity index (χ3n) is 0.620. The van der Waals surface area contributed by atoms with Crippen LogP contribution in [0.1, 0.15) is 22.2 Å². The van der Waals surface area contributed by atoms with Crippen LogP contribution >= 0.6 is 0 Å². The molecule has 0 atom stereocenters. The molecule has 48 valence electrons. The summed E-state index contributed by atoms with van der Waals surface area (Å²) in [6.45, 7) is 5.96. The van der Waals surface area contributed by atoms with Crippen LogP contribution in [0.3, 0.4) is 0 Å². The van der Waals surface area contributed by atoms with Crippen LogP contribution in [0, 0.1) is 5.92 Å². The summed E-state index contributed by atoms with van der Waals surface area (Å²) >= 11 is 0. The predicted octanol–water partition coefficient (Wildman–Crippen LogP) is 1.32. The number of carbonyl (C=O) groups excluding carboxylic acids is 1. The zero-order valence-electron chi connectivity index (χ0n) is 6.60. The first-order valence-corrected chi connectivity index (χ1v) is 2.76. The van der Waals surface area contributed by atoms with Crippen LogP contribution in [-0.4, -0.2) is 12.6 Å². The Morgan fingerprint density at radius 2 is 2.25 bits per heavy atom. The number of hydrogen-bond acceptors (Lipinski definition) is 2. The first-order valence-electron chi connectivity index (χ1n) is 2.76. The van der Waals surface area contributed by atoms with E-state index in [1.54, 1.807) is 0 Å². The molecule has 0 rings (SSSR count). The summed E-state index contributed by atoms with van der Waals surface area (Å²) in [4.78, 5) is 10.1. The number of rotatable bonds is 2. The summed E-state index contributed by atoms with van der Waals surface area (Å²) in [5.41, 5.74) is 0. The predicted molar refractivity (Wildman–Crippen MR) is 32.6 cm³/mol. The van der Waals surface area contributed by atoms with Crippen LogP contribution in [0.2, 0.25) is 0 Å². The van der Waals surface area contributed by atoms with Gasteiger partial charge in [-0.15, -0.1) is 0 Å². The van der Waals surface area contributed by atoms with Gasteiger partial charge >= 0.3 is 7.40 Å². The van der Waals surface area contributed by atoms with E-state index in [9.17, 15) is 4.79 Å². The number of ether oxygens (including phenoxy) is 1. The van der Waals surface area contributed by atoms with Gasteiger partial charge in [-0.05, 0) is 5.92 Å². The molecule has 0 amide bonds. The van der Waals surface area contributed by atoms with Crippen molar-refractivity contribution >= 4 is 5.97 Å². The van der Waals surface area contributed by atoms with E-state index in [2.05, 4.69) is 4.74 Å². The molecule has 0 heterocycles. The second-order valence-electron chi connectivity index (χ2n) is 2.20. The quantitative estimate of drug-likeness (QED) is 0.510. The van der Waals surface area contributed by atoms with E-state index in [1.807, 2.05) is 13.8 Å². The highest BCUT2D eigenvalue weighted by Crippen LogP contribution is 1.91. The van der Waals surface area contributed by atoms with E-state index < -0.39 is 0 Å². The van der Waals surface area contributed by atoms with Gasteiger partial charge in [-0.25, -0.2) is 0 Å². The van der Waals surface area contributed by atoms with Crippen LogP contribution in [0.4, 0.5) is 0 Å². The smallest absolute Gasteiger partial charge is 0.466 e. The summed E-state index contributed by atoms with van der Waals surface area (Å²) in [5.74, 6) is 0.248. The van der Waals surface area contributed by atoms with Crippen molar-refractivity contribution in [2.24, 2.45) is 5.92 Å². The highest BCUT2D eigenvalue weighted by molar-refractivity contribution is 5.65. The van der Waals surface area contributed by atoms with Gasteiger partial charge in [0.05, 0.1) is 6.61 Å². The van der Waals surface area contributed by atoms with Crippen LogP contribution in [0.5, 0.6) is 0 Å². The summed E-state index contributed by atoms with van der Waals surface area (Å²) in [7, 11) is 0. The molecular formula is C6H13O2+. The van der Waals surface area contributed by atoms with Gasteiger partial charge in [0.1, 0.15) is 0 Å². The van der Waals surface area contributed by atoms with E-state index in [4.69, 9.17) is 0 Å². The minimum absolute atomic E-state index is 0. The van der Waals surface area contributed by atoms with Crippen LogP contribution in [-0.2, 0) is 9.53 Å². The van der Waals surface area contributed by atoms with Crippen molar-refractivity contribution in [3.63, 3.8) is 0 Å². The molecule has 0 aliphatic rings. The summed E-state index contributed by atoms with van der Waals surface area (Å²) in [6, 6.07) is 0. The van der Waals surface area contributed by atoms with Gasteiger partial charge in [0.15, 0.2) is 0 Å². The zero-order valence-corrected chi connectivity index (χ0v) is 5.60. The fraction of sp³-hybridized carbons (Fsp3) is 0.833. The molecule has 0 aromatic carbocycles. The molecule has 0 unspecified atom stereocenters. The molecular weight excluding hydrogens is 104 g/mol. The van der Waals surface area contributed by atoms with E-state index in [0.717, 1.165) is 0 Å². The second kappa shape index (κ2) is 3.47. The average Bonchev–Trinajstić information content (AvgIpc) is 1.61. The van der Waals surface area contributed by atoms with Gasteiger partial charge in [0.25, 0.3) is 0 Å². The molecule has 2 heteroatoms. The molecule has 0 aromatic rings. The Bertz CT molecular complexity index is 81.1. The van der Waals surface area contributed by atoms with Gasteiger partial charge in [0, 0.05) is 6.92 Å². The lowest BCUT2D eigenvalue weighted by Crippen LogP contribution is -2.05. The molecule has 0 bridgehead atoms. The molecule has 0 aromatic heterocycles. The highest BCUT2D eigenvalue weighted by atomic mass is 16.5. The van der Waals surface area contributed by atoms with Gasteiger partial charge < -0.3 is 4.74 Å². The normalized spacial score (nSPS) is 9.50. The highest BCUT2D eigenvalue weighted by Gasteiger charge is 1.94. The van der Waals surface area contributed by atoms with E-state index in [1.165, 1.54) is 6.92 Å². The second-order valence-corrected chi connectivity index (χ2v) is 2.20. The van der Waals surface area contributed by atoms with Gasteiger partial charge in [-0.3, -0.25) is 4.79 Å². The number of hydrogen-bond donors (Lipinski definition) is 0. The van der Waals surface area contributed by atoms with Crippen LogP contribution in [0.15, 0.2) is 0 Å². The lowest BCUT2D eigenvalue weighted by atomic mass is 10.2. The van der Waals surface area contributed by atoms with Crippen LogP contribution in [0.25, 0.3) is 0 Å². The van der Waals surface area contributed by atoms with E-state index in [0.29, 0.717) is 12.5 Å². The summed E-state index contributed by atoms with van der Waals surface area (Å²) < 4.78 is 4.66. The molecule has 0 fully saturated rings. The fourth-order valence-electron chi connectivity index (χ4n) is 0.284. The van der Waals surface area contributed by atoms with Crippen molar-refractivity contribution in [1.29, 1.82) is 0 Å². The zero-order chi connectivity index (χ0) is 6.57. The van der Waals surface area contributed by atoms with Crippen molar-refractivity contribution < 1.29 is 11.0 Å². The first-order chi connectivity index (χ1) is 3.63. The lowest BCUT2D eigenvalue weighted by Gasteiger charge is -2.02. The summed E-state index contributed by atoms with van der Waals surface area (Å²) in [5, 5.41) is 0. The molecule has 8 heavy (non-hydrogen) atoms. The topological polar surface area (TPSA) is 26.3 Å². The Kier molecular flexibility index (Phi) is 3.24. The van der Waals surface area contributed by atoms with Crippen molar-refractivity contribution in [2.75, 3.05) is 6.61 Å². The molecule has 0 aliphatic carbocycles. The van der Waals surface area contributed by atoms with Gasteiger partial charge in [-0.2, -0.15) is 0 Å². The van der Waals surface area contributed by atoms with Crippen LogP contribution < -0.4 is 0 Å².